The zero-order valence-corrected chi connectivity index (χ0v) is 12.8. The summed E-state index contributed by atoms with van der Waals surface area (Å²) in [4.78, 5) is 21.7. The number of nitro benzene ring substituents is 1. The van der Waals surface area contributed by atoms with E-state index in [1.165, 1.54) is 12.1 Å². The Kier molecular flexibility index (Phi) is 5.74. The molecule has 98 valence electrons. The number of carbonyl (C=O) groups excluding carboxylic acids is 1. The molecule has 0 N–H and O–H groups in total. The molecular formula is C11H11Br2NO4. The van der Waals surface area contributed by atoms with Crippen molar-refractivity contribution in [3.8, 4) is 0 Å². The number of hydrogen-bond acceptors (Lipinski definition) is 4. The van der Waals surface area contributed by atoms with Gasteiger partial charge in [-0.2, -0.15) is 0 Å². The van der Waals surface area contributed by atoms with Gasteiger partial charge >= 0.3 is 5.97 Å². The Morgan fingerprint density at radius 1 is 1.50 bits per heavy atom. The van der Waals surface area contributed by atoms with Gasteiger partial charge in [-0.05, 0) is 18.1 Å². The maximum Gasteiger partial charge on any atom is 0.310 e. The van der Waals surface area contributed by atoms with Gasteiger partial charge in [0.1, 0.15) is 0 Å². The van der Waals surface area contributed by atoms with Gasteiger partial charge in [0.2, 0.25) is 0 Å². The maximum atomic E-state index is 11.5. The Morgan fingerprint density at radius 3 is 2.67 bits per heavy atom. The van der Waals surface area contributed by atoms with Crippen molar-refractivity contribution >= 4 is 43.5 Å². The molecule has 0 atom stereocenters. The van der Waals surface area contributed by atoms with Gasteiger partial charge in [0.25, 0.3) is 5.69 Å². The third-order valence-electron chi connectivity index (χ3n) is 2.25. The number of rotatable bonds is 5. The molecule has 0 aliphatic carbocycles. The van der Waals surface area contributed by atoms with Crippen LogP contribution in [0.4, 0.5) is 5.69 Å². The van der Waals surface area contributed by atoms with Crippen LogP contribution < -0.4 is 0 Å². The number of nitrogens with zero attached hydrogens (tertiary/aromatic N) is 1. The highest BCUT2D eigenvalue weighted by Crippen LogP contribution is 2.29. The van der Waals surface area contributed by atoms with E-state index < -0.39 is 4.92 Å². The Bertz CT molecular complexity index is 476. The van der Waals surface area contributed by atoms with Crippen LogP contribution in [0.2, 0.25) is 0 Å². The topological polar surface area (TPSA) is 69.4 Å². The van der Waals surface area contributed by atoms with Crippen LogP contribution in [0.5, 0.6) is 0 Å². The molecule has 0 bridgehead atoms. The lowest BCUT2D eigenvalue weighted by Gasteiger charge is -2.09. The second-order valence-corrected chi connectivity index (χ2v) is 4.85. The van der Waals surface area contributed by atoms with Crippen molar-refractivity contribution in [2.24, 2.45) is 0 Å². The predicted octanol–water partition coefficient (Wildman–Crippen LogP) is 3.36. The standard InChI is InChI=1S/C11H11Br2NO4/c1-2-18-11(15)5-9-7(6-12)3-8(14(16)17)4-10(9)13/h3-4H,2,5-6H2,1H3. The van der Waals surface area contributed by atoms with Gasteiger partial charge in [0, 0.05) is 21.9 Å². The Labute approximate surface area is 121 Å². The molecule has 18 heavy (non-hydrogen) atoms. The van der Waals surface area contributed by atoms with E-state index in [0.29, 0.717) is 27.5 Å². The van der Waals surface area contributed by atoms with Crippen LogP contribution in [0.25, 0.3) is 0 Å². The van der Waals surface area contributed by atoms with Crippen LogP contribution in [0.1, 0.15) is 18.1 Å². The molecule has 0 saturated heterocycles. The Morgan fingerprint density at radius 2 is 2.17 bits per heavy atom. The van der Waals surface area contributed by atoms with Crippen molar-refractivity contribution in [3.05, 3.63) is 37.8 Å². The van der Waals surface area contributed by atoms with E-state index in [9.17, 15) is 14.9 Å². The molecule has 0 spiro atoms. The lowest BCUT2D eigenvalue weighted by atomic mass is 10.1. The highest BCUT2D eigenvalue weighted by Gasteiger charge is 2.17. The summed E-state index contributed by atoms with van der Waals surface area (Å²) in [5.41, 5.74) is 1.39. The van der Waals surface area contributed by atoms with Gasteiger partial charge in [-0.25, -0.2) is 0 Å². The number of halogens is 2. The average molecular weight is 381 g/mol. The average Bonchev–Trinajstić information content (AvgIpc) is 2.31. The first-order chi connectivity index (χ1) is 8.49. The maximum absolute atomic E-state index is 11.5. The number of benzene rings is 1. The summed E-state index contributed by atoms with van der Waals surface area (Å²) in [5, 5.41) is 11.2. The third-order valence-corrected chi connectivity index (χ3v) is 3.57. The molecule has 0 radical (unpaired) electrons. The second kappa shape index (κ2) is 6.84. The highest BCUT2D eigenvalue weighted by molar-refractivity contribution is 9.10. The second-order valence-electron chi connectivity index (χ2n) is 3.44. The number of carbonyl (C=O) groups is 1. The number of ether oxygens (including phenoxy) is 1. The molecule has 1 aromatic rings. The zero-order chi connectivity index (χ0) is 13.7. The number of nitro groups is 1. The summed E-state index contributed by atoms with van der Waals surface area (Å²) >= 11 is 6.51. The quantitative estimate of drug-likeness (QED) is 0.340. The van der Waals surface area contributed by atoms with Crippen LogP contribution in [-0.4, -0.2) is 17.5 Å². The fourth-order valence-electron chi connectivity index (χ4n) is 1.46. The molecule has 7 heteroatoms. The van der Waals surface area contributed by atoms with Gasteiger partial charge in [0.05, 0.1) is 18.0 Å². The summed E-state index contributed by atoms with van der Waals surface area (Å²) in [6.45, 7) is 2.04. The number of alkyl halides is 1. The van der Waals surface area contributed by atoms with Gasteiger partial charge in [0.15, 0.2) is 0 Å². The van der Waals surface area contributed by atoms with Gasteiger partial charge in [-0.15, -0.1) is 0 Å². The third kappa shape index (κ3) is 3.78. The predicted molar refractivity (Wildman–Crippen MR) is 73.8 cm³/mol. The Balaban J connectivity index is 3.11. The number of non-ortho nitro benzene ring substituents is 1. The van der Waals surface area contributed by atoms with Crippen molar-refractivity contribution in [1.82, 2.24) is 0 Å². The molecular weight excluding hydrogens is 370 g/mol. The van der Waals surface area contributed by atoms with Crippen molar-refractivity contribution in [3.63, 3.8) is 0 Å². The van der Waals surface area contributed by atoms with Crippen LogP contribution in [0.15, 0.2) is 16.6 Å². The molecule has 5 nitrogen and oxygen atoms in total. The van der Waals surface area contributed by atoms with Crippen LogP contribution in [-0.2, 0) is 21.3 Å². The molecule has 0 saturated carbocycles. The van der Waals surface area contributed by atoms with Crippen LogP contribution in [0.3, 0.4) is 0 Å². The summed E-state index contributed by atoms with van der Waals surface area (Å²) in [7, 11) is 0. The smallest absolute Gasteiger partial charge is 0.310 e. The largest absolute Gasteiger partial charge is 0.466 e. The molecule has 0 unspecified atom stereocenters. The van der Waals surface area contributed by atoms with Crippen molar-refractivity contribution in [2.45, 2.75) is 18.7 Å². The molecule has 0 aliphatic heterocycles. The summed E-state index contributed by atoms with van der Waals surface area (Å²) in [5.74, 6) is -0.353. The summed E-state index contributed by atoms with van der Waals surface area (Å²) in [6.07, 6.45) is 0.0906. The highest BCUT2D eigenvalue weighted by atomic mass is 79.9. The lowest BCUT2D eigenvalue weighted by Crippen LogP contribution is -2.10. The Hall–Kier alpha value is -0.950. The summed E-state index contributed by atoms with van der Waals surface area (Å²) in [6, 6.07) is 2.84. The molecule has 0 aliphatic rings. The van der Waals surface area contributed by atoms with Crippen LogP contribution in [0, 0.1) is 10.1 Å². The molecule has 1 aromatic carbocycles. The van der Waals surface area contributed by atoms with E-state index in [2.05, 4.69) is 31.9 Å². The van der Waals surface area contributed by atoms with Crippen molar-refractivity contribution in [1.29, 1.82) is 0 Å². The first kappa shape index (κ1) is 15.1. The van der Waals surface area contributed by atoms with Crippen LogP contribution >= 0.6 is 31.9 Å². The van der Waals surface area contributed by atoms with Gasteiger partial charge in [-0.3, -0.25) is 14.9 Å². The van der Waals surface area contributed by atoms with Gasteiger partial charge < -0.3 is 4.74 Å². The normalized spacial score (nSPS) is 10.2. The van der Waals surface area contributed by atoms with E-state index in [1.807, 2.05) is 0 Å². The van der Waals surface area contributed by atoms with Gasteiger partial charge in [-0.1, -0.05) is 31.9 Å². The van der Waals surface area contributed by atoms with E-state index in [-0.39, 0.29) is 18.1 Å². The minimum Gasteiger partial charge on any atom is -0.466 e. The SMILES string of the molecule is CCOC(=O)Cc1c(Br)cc([N+](=O)[O-])cc1CBr. The van der Waals surface area contributed by atoms with E-state index in [4.69, 9.17) is 4.74 Å². The minimum atomic E-state index is -0.467. The van der Waals surface area contributed by atoms with E-state index in [1.54, 1.807) is 6.92 Å². The van der Waals surface area contributed by atoms with Crippen molar-refractivity contribution < 1.29 is 14.5 Å². The lowest BCUT2D eigenvalue weighted by molar-refractivity contribution is -0.385. The molecule has 0 amide bonds. The molecule has 0 heterocycles. The zero-order valence-electron chi connectivity index (χ0n) is 9.61. The van der Waals surface area contributed by atoms with E-state index in [0.717, 1.165) is 0 Å². The fourth-order valence-corrected chi connectivity index (χ4v) is 2.59. The summed E-state index contributed by atoms with van der Waals surface area (Å²) < 4.78 is 5.41. The molecule has 0 aromatic heterocycles. The minimum absolute atomic E-state index is 0.0102. The monoisotopic (exact) mass is 379 g/mol. The number of hydrogen-bond donors (Lipinski definition) is 0. The first-order valence-corrected chi connectivity index (χ1v) is 7.08. The first-order valence-electron chi connectivity index (χ1n) is 5.16. The molecule has 1 rings (SSSR count). The fraction of sp³-hybridized carbons (Fsp3) is 0.364. The van der Waals surface area contributed by atoms with Crippen molar-refractivity contribution in [2.75, 3.05) is 6.61 Å². The molecule has 0 fully saturated rings. The van der Waals surface area contributed by atoms with E-state index >= 15 is 0 Å². The number of esters is 1.